The third-order valence-electron chi connectivity index (χ3n) is 3.52. The van der Waals surface area contributed by atoms with Crippen LogP contribution in [0.3, 0.4) is 0 Å². The van der Waals surface area contributed by atoms with E-state index in [0.717, 1.165) is 21.6 Å². The quantitative estimate of drug-likeness (QED) is 0.566. The fourth-order valence-electron chi connectivity index (χ4n) is 2.17. The third-order valence-corrected chi connectivity index (χ3v) is 3.78. The molecule has 0 amide bonds. The summed E-state index contributed by atoms with van der Waals surface area (Å²) < 4.78 is 7.05. The van der Waals surface area contributed by atoms with Gasteiger partial charge >= 0.3 is 0 Å². The van der Waals surface area contributed by atoms with Crippen LogP contribution in [0, 0.1) is 11.7 Å². The molecule has 2 aromatic carbocycles. The topological polar surface area (TPSA) is 72.3 Å². The van der Waals surface area contributed by atoms with Gasteiger partial charge in [0.1, 0.15) is 18.1 Å². The zero-order chi connectivity index (χ0) is 17.6. The molecule has 3 rings (SSSR count). The number of hydrogen-bond acceptors (Lipinski definition) is 5. The summed E-state index contributed by atoms with van der Waals surface area (Å²) in [6, 6.07) is 17.2. The first-order valence-corrected chi connectivity index (χ1v) is 8.04. The number of nitrogens with zero attached hydrogens (tertiary/aromatic N) is 3. The van der Waals surface area contributed by atoms with Gasteiger partial charge in [-0.2, -0.15) is 14.9 Å². The lowest BCUT2D eigenvalue weighted by Gasteiger charge is -2.08. The highest BCUT2D eigenvalue weighted by molar-refractivity contribution is 7.71. The van der Waals surface area contributed by atoms with Crippen LogP contribution in [0.4, 0.5) is 0 Å². The zero-order valence-electron chi connectivity index (χ0n) is 13.5. The Kier molecular flexibility index (Phi) is 5.15. The molecule has 0 atom stereocenters. The van der Waals surface area contributed by atoms with Crippen molar-refractivity contribution in [3.63, 3.8) is 0 Å². The molecular formula is C18H16N4O2S. The first-order chi connectivity index (χ1) is 12.1. The maximum Gasteiger partial charge on any atom is 0.296 e. The first-order valence-electron chi connectivity index (χ1n) is 7.63. The molecule has 0 unspecified atom stereocenters. The van der Waals surface area contributed by atoms with Crippen LogP contribution in [0.25, 0.3) is 0 Å². The normalized spacial score (nSPS) is 10.9. The van der Waals surface area contributed by atoms with Gasteiger partial charge in [0, 0.05) is 5.56 Å². The minimum absolute atomic E-state index is 0.143. The van der Waals surface area contributed by atoms with Gasteiger partial charge in [-0.3, -0.25) is 9.89 Å². The second kappa shape index (κ2) is 7.67. The van der Waals surface area contributed by atoms with Gasteiger partial charge < -0.3 is 4.74 Å². The highest BCUT2D eigenvalue weighted by atomic mass is 32.1. The fraction of sp³-hybridized carbons (Fsp3) is 0.111. The summed E-state index contributed by atoms with van der Waals surface area (Å²) in [4.78, 5) is 12.1. The molecule has 0 aliphatic heterocycles. The molecule has 0 fully saturated rings. The van der Waals surface area contributed by atoms with Crippen molar-refractivity contribution in [2.75, 3.05) is 0 Å². The van der Waals surface area contributed by atoms with E-state index < -0.39 is 0 Å². The standard InChI is InChI=1S/C18H16N4O2S/c1-13-17(23)22(18(25)21-20-13)19-11-14-7-5-6-8-15(14)12-24-16-9-3-2-4-10-16/h2-11H,12H2,1H3,(H,21,25)/b19-11-. The number of aromatic nitrogens is 3. The average Bonchev–Trinajstić information content (AvgIpc) is 2.65. The Morgan fingerprint density at radius 3 is 2.72 bits per heavy atom. The zero-order valence-corrected chi connectivity index (χ0v) is 14.4. The maximum atomic E-state index is 12.1. The number of aryl methyl sites for hydroxylation is 1. The van der Waals surface area contributed by atoms with E-state index >= 15 is 0 Å². The number of para-hydroxylation sites is 1. The lowest BCUT2D eigenvalue weighted by molar-refractivity contribution is 0.306. The van der Waals surface area contributed by atoms with Crippen molar-refractivity contribution in [1.82, 2.24) is 14.9 Å². The summed E-state index contributed by atoms with van der Waals surface area (Å²) >= 11 is 5.07. The molecule has 1 heterocycles. The van der Waals surface area contributed by atoms with E-state index in [1.54, 1.807) is 13.1 Å². The Balaban J connectivity index is 1.85. The van der Waals surface area contributed by atoms with Crippen molar-refractivity contribution in [2.45, 2.75) is 13.5 Å². The molecule has 6 nitrogen and oxygen atoms in total. The van der Waals surface area contributed by atoms with Gasteiger partial charge in [0.05, 0.1) is 6.21 Å². The Morgan fingerprint density at radius 1 is 1.20 bits per heavy atom. The van der Waals surface area contributed by atoms with Gasteiger partial charge in [-0.25, -0.2) is 0 Å². The number of hydrogen-bond donors (Lipinski definition) is 1. The third kappa shape index (κ3) is 4.07. The first kappa shape index (κ1) is 16.8. The van der Waals surface area contributed by atoms with Crippen molar-refractivity contribution in [3.8, 4) is 5.75 Å². The second-order valence-corrected chi connectivity index (χ2v) is 5.66. The molecular weight excluding hydrogens is 336 g/mol. The van der Waals surface area contributed by atoms with E-state index in [4.69, 9.17) is 17.0 Å². The monoisotopic (exact) mass is 352 g/mol. The maximum absolute atomic E-state index is 12.1. The van der Waals surface area contributed by atoms with Crippen LogP contribution >= 0.6 is 12.2 Å². The van der Waals surface area contributed by atoms with Crippen LogP contribution in [-0.2, 0) is 6.61 Å². The molecule has 0 radical (unpaired) electrons. The lowest BCUT2D eigenvalue weighted by Crippen LogP contribution is -2.22. The van der Waals surface area contributed by atoms with Crippen LogP contribution in [0.1, 0.15) is 16.8 Å². The van der Waals surface area contributed by atoms with Gasteiger partial charge in [0.2, 0.25) is 4.77 Å². The molecule has 0 aliphatic carbocycles. The number of benzene rings is 2. The molecule has 0 aliphatic rings. The number of ether oxygens (including phenoxy) is 1. The Labute approximate surface area is 149 Å². The summed E-state index contributed by atoms with van der Waals surface area (Å²) in [5, 5.41) is 10.6. The number of H-pyrrole nitrogens is 1. The van der Waals surface area contributed by atoms with Crippen molar-refractivity contribution >= 4 is 18.4 Å². The number of nitrogens with one attached hydrogen (secondary N) is 1. The van der Waals surface area contributed by atoms with Crippen LogP contribution < -0.4 is 10.3 Å². The van der Waals surface area contributed by atoms with E-state index in [-0.39, 0.29) is 10.3 Å². The van der Waals surface area contributed by atoms with E-state index in [9.17, 15) is 4.79 Å². The van der Waals surface area contributed by atoms with Gasteiger partial charge in [-0.05, 0) is 36.8 Å². The van der Waals surface area contributed by atoms with Crippen LogP contribution in [0.5, 0.6) is 5.75 Å². The molecule has 3 aromatic rings. The molecule has 0 bridgehead atoms. The highest BCUT2D eigenvalue weighted by Crippen LogP contribution is 2.13. The average molecular weight is 352 g/mol. The van der Waals surface area contributed by atoms with Crippen LogP contribution in [-0.4, -0.2) is 21.1 Å². The van der Waals surface area contributed by atoms with E-state index in [1.807, 2.05) is 54.6 Å². The summed E-state index contributed by atoms with van der Waals surface area (Å²) in [7, 11) is 0. The predicted octanol–water partition coefficient (Wildman–Crippen LogP) is 3.07. The predicted molar refractivity (Wildman–Crippen MR) is 98.6 cm³/mol. The highest BCUT2D eigenvalue weighted by Gasteiger charge is 2.03. The number of rotatable bonds is 5. The Morgan fingerprint density at radius 2 is 1.92 bits per heavy atom. The summed E-state index contributed by atoms with van der Waals surface area (Å²) in [6.07, 6.45) is 1.59. The summed E-state index contributed by atoms with van der Waals surface area (Å²) in [5.41, 5.74) is 1.74. The molecule has 126 valence electrons. The molecule has 0 spiro atoms. The molecule has 0 saturated heterocycles. The van der Waals surface area contributed by atoms with Crippen LogP contribution in [0.2, 0.25) is 0 Å². The molecule has 1 N–H and O–H groups in total. The molecule has 1 aromatic heterocycles. The SMILES string of the molecule is Cc1n[nH]c(=S)n(/N=C\c2ccccc2COc2ccccc2)c1=O. The van der Waals surface area contributed by atoms with Gasteiger partial charge in [0.15, 0.2) is 0 Å². The molecule has 7 heteroatoms. The van der Waals surface area contributed by atoms with Crippen molar-refractivity contribution in [2.24, 2.45) is 5.10 Å². The smallest absolute Gasteiger partial charge is 0.296 e. The summed E-state index contributed by atoms with van der Waals surface area (Å²) in [6.45, 7) is 1.99. The lowest BCUT2D eigenvalue weighted by atomic mass is 10.1. The Bertz CT molecular complexity index is 1010. The van der Waals surface area contributed by atoms with Gasteiger partial charge in [-0.15, -0.1) is 0 Å². The van der Waals surface area contributed by atoms with E-state index in [1.165, 1.54) is 0 Å². The van der Waals surface area contributed by atoms with Crippen molar-refractivity contribution in [1.29, 1.82) is 0 Å². The minimum Gasteiger partial charge on any atom is -0.489 e. The second-order valence-electron chi connectivity index (χ2n) is 5.28. The van der Waals surface area contributed by atoms with Crippen LogP contribution in [0.15, 0.2) is 64.5 Å². The fourth-order valence-corrected chi connectivity index (χ4v) is 2.34. The van der Waals surface area contributed by atoms with Crippen molar-refractivity contribution in [3.05, 3.63) is 86.5 Å². The van der Waals surface area contributed by atoms with Gasteiger partial charge in [-0.1, -0.05) is 42.5 Å². The molecule has 0 saturated carbocycles. The van der Waals surface area contributed by atoms with Gasteiger partial charge in [0.25, 0.3) is 5.56 Å². The van der Waals surface area contributed by atoms with Crippen molar-refractivity contribution < 1.29 is 4.74 Å². The van der Waals surface area contributed by atoms with E-state index in [0.29, 0.717) is 12.3 Å². The molecule has 25 heavy (non-hydrogen) atoms. The Hall–Kier alpha value is -3.06. The van der Waals surface area contributed by atoms with E-state index in [2.05, 4.69) is 15.3 Å². The number of aromatic amines is 1. The summed E-state index contributed by atoms with van der Waals surface area (Å²) in [5.74, 6) is 0.790. The largest absolute Gasteiger partial charge is 0.489 e. The minimum atomic E-state index is -0.349.